The van der Waals surface area contributed by atoms with E-state index in [0.29, 0.717) is 16.7 Å². The number of hydrogen-bond donors (Lipinski definition) is 0. The molecule has 0 saturated carbocycles. The first-order valence-corrected chi connectivity index (χ1v) is 13.6. The van der Waals surface area contributed by atoms with Gasteiger partial charge in [-0.15, -0.1) is 0 Å². The van der Waals surface area contributed by atoms with Crippen molar-refractivity contribution in [3.8, 4) is 16.9 Å². The lowest BCUT2D eigenvalue weighted by Gasteiger charge is -2.19. The Morgan fingerprint density at radius 2 is 1.13 bits per heavy atom. The maximum atomic E-state index is 13.5. The van der Waals surface area contributed by atoms with Crippen molar-refractivity contribution < 1.29 is 23.0 Å². The van der Waals surface area contributed by atoms with Crippen molar-refractivity contribution in [1.82, 2.24) is 0 Å². The quantitative estimate of drug-likeness (QED) is 0.128. The lowest BCUT2D eigenvalue weighted by atomic mass is 10.0. The van der Waals surface area contributed by atoms with Gasteiger partial charge >= 0.3 is 5.97 Å². The van der Waals surface area contributed by atoms with Gasteiger partial charge in [-0.05, 0) is 77.2 Å². The average molecular weight is 529 g/mol. The second-order valence-corrected chi connectivity index (χ2v) is 9.61. The van der Waals surface area contributed by atoms with Gasteiger partial charge in [0.05, 0.1) is 12.2 Å². The van der Waals surface area contributed by atoms with Gasteiger partial charge in [0.25, 0.3) is 0 Å². The third-order valence-electron chi connectivity index (χ3n) is 6.65. The molecule has 4 rings (SSSR count). The molecule has 0 aliphatic heterocycles. The molecule has 4 aromatic carbocycles. The number of hydrogen-bond acceptors (Lipinski definition) is 3. The normalized spacial score (nSPS) is 11.0. The Balaban J connectivity index is 1.37. The highest BCUT2D eigenvalue weighted by Gasteiger charge is 2.20. The summed E-state index contributed by atoms with van der Waals surface area (Å²) in [7, 11) is 0. The third kappa shape index (κ3) is 8.25. The first-order valence-electron chi connectivity index (χ1n) is 13.6. The number of benzene rings is 4. The molecule has 0 bridgehead atoms. The highest BCUT2D eigenvalue weighted by atomic mass is 19.1. The van der Waals surface area contributed by atoms with E-state index in [0.717, 1.165) is 29.9 Å². The fourth-order valence-corrected chi connectivity index (χ4v) is 4.39. The summed E-state index contributed by atoms with van der Waals surface area (Å²) >= 11 is 0. The molecule has 0 aliphatic carbocycles. The number of esters is 1. The minimum Gasteiger partial charge on any atom is -0.494 e. The minimum absolute atomic E-state index is 0.381. The Labute approximate surface area is 229 Å². The van der Waals surface area contributed by atoms with Crippen molar-refractivity contribution >= 4 is 5.97 Å². The fraction of sp³-hybridized carbons (Fsp3) is 0.265. The van der Waals surface area contributed by atoms with Crippen LogP contribution in [0.15, 0.2) is 97.1 Å². The smallest absolute Gasteiger partial charge is 0.339 e. The molecule has 0 aromatic heterocycles. The number of halogens is 2. The maximum absolute atomic E-state index is 13.5. The second-order valence-electron chi connectivity index (χ2n) is 9.61. The lowest BCUT2D eigenvalue weighted by molar-refractivity contribution is 0.0378. The number of rotatable bonds is 13. The monoisotopic (exact) mass is 528 g/mol. The standard InChI is InChI=1S/C34H34F2O3/c1-2-3-4-5-6-7-24-38-32-22-16-26(17-23-32)25-8-10-29(11-9-25)34(37)39-33(27-12-18-30(35)19-13-27)28-14-20-31(36)21-15-28/h8-23,33H,2-7,24H2,1H3. The van der Waals surface area contributed by atoms with Crippen LogP contribution in [0.1, 0.15) is 73.0 Å². The predicted molar refractivity (Wildman–Crippen MR) is 151 cm³/mol. The molecule has 5 heteroatoms. The zero-order valence-corrected chi connectivity index (χ0v) is 22.2. The molecule has 0 atom stereocenters. The summed E-state index contributed by atoms with van der Waals surface area (Å²) in [6.45, 7) is 2.94. The Morgan fingerprint density at radius 3 is 1.67 bits per heavy atom. The summed E-state index contributed by atoms with van der Waals surface area (Å²) in [6.07, 6.45) is 6.57. The van der Waals surface area contributed by atoms with Gasteiger partial charge in [0.1, 0.15) is 17.4 Å². The predicted octanol–water partition coefficient (Wildman–Crippen LogP) is 9.32. The molecule has 0 saturated heterocycles. The highest BCUT2D eigenvalue weighted by Crippen LogP contribution is 2.29. The molecule has 0 fully saturated rings. The molecule has 202 valence electrons. The van der Waals surface area contributed by atoms with Gasteiger partial charge in [0.2, 0.25) is 0 Å². The van der Waals surface area contributed by atoms with E-state index in [1.165, 1.54) is 56.4 Å². The summed E-state index contributed by atoms with van der Waals surface area (Å²) in [6, 6.07) is 26.5. The van der Waals surface area contributed by atoms with Gasteiger partial charge in [-0.25, -0.2) is 13.6 Å². The molecule has 0 unspecified atom stereocenters. The third-order valence-corrected chi connectivity index (χ3v) is 6.65. The van der Waals surface area contributed by atoms with Crippen LogP contribution in [0.3, 0.4) is 0 Å². The molecule has 0 radical (unpaired) electrons. The van der Waals surface area contributed by atoms with E-state index in [9.17, 15) is 13.6 Å². The van der Waals surface area contributed by atoms with Crippen LogP contribution in [0.25, 0.3) is 11.1 Å². The van der Waals surface area contributed by atoms with E-state index in [2.05, 4.69) is 6.92 Å². The van der Waals surface area contributed by atoms with E-state index < -0.39 is 23.7 Å². The molecule has 39 heavy (non-hydrogen) atoms. The molecule has 0 spiro atoms. The van der Waals surface area contributed by atoms with Crippen molar-refractivity contribution in [2.45, 2.75) is 51.6 Å². The maximum Gasteiger partial charge on any atom is 0.339 e. The van der Waals surface area contributed by atoms with Gasteiger partial charge in [-0.1, -0.05) is 87.6 Å². The summed E-state index contributed by atoms with van der Waals surface area (Å²) in [5.74, 6) is -0.467. The molecule has 0 heterocycles. The Bertz CT molecular complexity index is 1250. The molecule has 3 nitrogen and oxygen atoms in total. The van der Waals surface area contributed by atoms with Crippen LogP contribution in [-0.4, -0.2) is 12.6 Å². The Morgan fingerprint density at radius 1 is 0.641 bits per heavy atom. The Hall–Kier alpha value is -3.99. The molecular formula is C34H34F2O3. The van der Waals surface area contributed by atoms with Crippen LogP contribution in [0, 0.1) is 11.6 Å². The largest absolute Gasteiger partial charge is 0.494 e. The van der Waals surface area contributed by atoms with Crippen molar-refractivity contribution in [1.29, 1.82) is 0 Å². The number of carbonyl (C=O) groups is 1. The van der Waals surface area contributed by atoms with E-state index in [1.807, 2.05) is 36.4 Å². The van der Waals surface area contributed by atoms with Crippen LogP contribution in [0.5, 0.6) is 5.75 Å². The van der Waals surface area contributed by atoms with E-state index in [4.69, 9.17) is 9.47 Å². The van der Waals surface area contributed by atoms with Crippen molar-refractivity contribution in [2.24, 2.45) is 0 Å². The summed E-state index contributed by atoms with van der Waals surface area (Å²) < 4.78 is 38.7. The van der Waals surface area contributed by atoms with Gasteiger partial charge < -0.3 is 9.47 Å². The van der Waals surface area contributed by atoms with Gasteiger partial charge in [-0.2, -0.15) is 0 Å². The number of unbranched alkanes of at least 4 members (excludes halogenated alkanes) is 5. The highest BCUT2D eigenvalue weighted by molar-refractivity contribution is 5.90. The summed E-state index contributed by atoms with van der Waals surface area (Å²) in [5, 5.41) is 0. The number of ether oxygens (including phenoxy) is 2. The van der Waals surface area contributed by atoms with Crippen LogP contribution >= 0.6 is 0 Å². The van der Waals surface area contributed by atoms with Crippen LogP contribution in [0.4, 0.5) is 8.78 Å². The molecular weight excluding hydrogens is 494 g/mol. The molecule has 4 aromatic rings. The average Bonchev–Trinajstić information content (AvgIpc) is 2.97. The van der Waals surface area contributed by atoms with Crippen molar-refractivity contribution in [2.75, 3.05) is 6.61 Å². The van der Waals surface area contributed by atoms with Gasteiger partial charge in [-0.3, -0.25) is 0 Å². The summed E-state index contributed by atoms with van der Waals surface area (Å²) in [5.41, 5.74) is 3.53. The second kappa shape index (κ2) is 14.2. The minimum atomic E-state index is -0.803. The molecule has 0 N–H and O–H groups in total. The van der Waals surface area contributed by atoms with E-state index in [-0.39, 0.29) is 0 Å². The van der Waals surface area contributed by atoms with Crippen LogP contribution in [-0.2, 0) is 4.74 Å². The van der Waals surface area contributed by atoms with Crippen LogP contribution < -0.4 is 4.74 Å². The SMILES string of the molecule is CCCCCCCCOc1ccc(-c2ccc(C(=O)OC(c3ccc(F)cc3)c3ccc(F)cc3)cc2)cc1. The van der Waals surface area contributed by atoms with Gasteiger partial charge in [0.15, 0.2) is 6.10 Å². The van der Waals surface area contributed by atoms with Crippen molar-refractivity contribution in [3.05, 3.63) is 125 Å². The zero-order chi connectivity index (χ0) is 27.5. The lowest BCUT2D eigenvalue weighted by Crippen LogP contribution is -2.13. The fourth-order valence-electron chi connectivity index (χ4n) is 4.39. The van der Waals surface area contributed by atoms with Crippen LogP contribution in [0.2, 0.25) is 0 Å². The molecule has 0 aliphatic rings. The first kappa shape index (κ1) is 28.0. The van der Waals surface area contributed by atoms with E-state index >= 15 is 0 Å². The summed E-state index contributed by atoms with van der Waals surface area (Å²) in [4.78, 5) is 13.0. The van der Waals surface area contributed by atoms with E-state index in [1.54, 1.807) is 36.4 Å². The molecule has 0 amide bonds. The topological polar surface area (TPSA) is 35.5 Å². The van der Waals surface area contributed by atoms with Crippen molar-refractivity contribution in [3.63, 3.8) is 0 Å². The zero-order valence-electron chi connectivity index (χ0n) is 22.2. The van der Waals surface area contributed by atoms with Gasteiger partial charge in [0, 0.05) is 0 Å². The first-order chi connectivity index (χ1) is 19.0. The Kier molecular flexibility index (Phi) is 10.2. The number of carbonyl (C=O) groups excluding carboxylic acids is 1.